The van der Waals surface area contributed by atoms with Crippen LogP contribution in [0.25, 0.3) is 43.6 Å². The van der Waals surface area contributed by atoms with Gasteiger partial charge in [-0.15, -0.1) is 0 Å². The number of fused-ring (bicyclic) bond motifs is 6. The Morgan fingerprint density at radius 3 is 2.21 bits per heavy atom. The van der Waals surface area contributed by atoms with Crippen molar-refractivity contribution in [1.82, 2.24) is 0 Å². The summed E-state index contributed by atoms with van der Waals surface area (Å²) in [6.45, 7) is 0. The third-order valence-corrected chi connectivity index (χ3v) is 4.82. The first-order chi connectivity index (χ1) is 11.8. The van der Waals surface area contributed by atoms with E-state index < -0.39 is 0 Å². The highest BCUT2D eigenvalue weighted by Gasteiger charge is 2.16. The number of rotatable bonds is 1. The molecule has 0 bridgehead atoms. The average molecular weight is 329 g/mol. The van der Waals surface area contributed by atoms with E-state index in [1.54, 1.807) is 0 Å². The summed E-state index contributed by atoms with van der Waals surface area (Å²) in [5.74, 6) is 0. The van der Waals surface area contributed by atoms with Crippen molar-refractivity contribution in [3.05, 3.63) is 84.1 Å². The van der Waals surface area contributed by atoms with Gasteiger partial charge < -0.3 is 4.42 Å². The molecule has 0 aliphatic rings. The monoisotopic (exact) mass is 328 g/mol. The molecular weight excluding hydrogens is 316 g/mol. The molecule has 1 heterocycles. The zero-order valence-corrected chi connectivity index (χ0v) is 13.5. The maximum atomic E-state index is 6.25. The smallest absolute Gasteiger partial charge is 0.143 e. The van der Waals surface area contributed by atoms with Crippen LogP contribution in [-0.2, 0) is 0 Å². The second-order valence-corrected chi connectivity index (χ2v) is 6.39. The van der Waals surface area contributed by atoms with Crippen LogP contribution in [0.5, 0.6) is 0 Å². The fourth-order valence-electron chi connectivity index (χ4n) is 3.53. The summed E-state index contributed by atoms with van der Waals surface area (Å²) >= 11 is 6.25. The molecule has 0 spiro atoms. The third-order valence-electron chi connectivity index (χ3n) is 4.59. The van der Waals surface area contributed by atoms with Crippen molar-refractivity contribution in [3.8, 4) is 11.1 Å². The molecule has 0 fully saturated rings. The molecule has 4 aromatic carbocycles. The first-order valence-corrected chi connectivity index (χ1v) is 8.27. The van der Waals surface area contributed by atoms with Crippen LogP contribution < -0.4 is 0 Å². The minimum Gasteiger partial charge on any atom is -0.463 e. The fourth-order valence-corrected chi connectivity index (χ4v) is 3.70. The lowest BCUT2D eigenvalue weighted by atomic mass is 9.95. The van der Waals surface area contributed by atoms with Crippen LogP contribution in [0.1, 0.15) is 0 Å². The largest absolute Gasteiger partial charge is 0.463 e. The summed E-state index contributed by atoms with van der Waals surface area (Å²) in [6, 6.07) is 24.8. The van der Waals surface area contributed by atoms with Gasteiger partial charge in [-0.25, -0.2) is 0 Å². The van der Waals surface area contributed by atoms with Crippen molar-refractivity contribution >= 4 is 44.1 Å². The minimum atomic E-state index is 0.719. The Labute approximate surface area is 144 Å². The maximum Gasteiger partial charge on any atom is 0.143 e. The molecule has 1 aromatic heterocycles. The molecule has 5 aromatic rings. The lowest BCUT2D eigenvalue weighted by molar-refractivity contribution is 0.620. The molecule has 0 amide bonds. The fraction of sp³-hybridized carbons (Fsp3) is 0. The maximum absolute atomic E-state index is 6.25. The molecule has 5 rings (SSSR count). The molecule has 114 valence electrons. The quantitative estimate of drug-likeness (QED) is 0.300. The van der Waals surface area contributed by atoms with Crippen LogP contribution in [0.4, 0.5) is 0 Å². The molecular formula is C22H13ClO. The lowest BCUT2D eigenvalue weighted by Gasteiger charge is -2.08. The van der Waals surface area contributed by atoms with Gasteiger partial charge in [0.15, 0.2) is 0 Å². The van der Waals surface area contributed by atoms with Gasteiger partial charge in [0, 0.05) is 21.4 Å². The number of furan rings is 1. The third kappa shape index (κ3) is 1.88. The Hall–Kier alpha value is -2.77. The van der Waals surface area contributed by atoms with Crippen molar-refractivity contribution in [3.63, 3.8) is 0 Å². The second kappa shape index (κ2) is 5.12. The number of hydrogen-bond donors (Lipinski definition) is 0. The number of benzene rings is 4. The standard InChI is InChI=1S/C22H13ClO/c23-15-10-11-17-16-8-4-5-9-18(16)21-20(14-6-2-1-3-7-14)13-24-22(21)19(17)12-15/h1-13H. The van der Waals surface area contributed by atoms with Crippen LogP contribution in [0.15, 0.2) is 83.5 Å². The predicted octanol–water partition coefficient (Wildman–Crippen LogP) is 7.06. The number of hydrogen-bond acceptors (Lipinski definition) is 1. The van der Waals surface area contributed by atoms with Crippen molar-refractivity contribution in [1.29, 1.82) is 0 Å². The molecule has 0 radical (unpaired) electrons. The van der Waals surface area contributed by atoms with E-state index in [0.29, 0.717) is 0 Å². The Balaban J connectivity index is 2.05. The first kappa shape index (κ1) is 13.6. The highest BCUT2D eigenvalue weighted by molar-refractivity contribution is 6.33. The highest BCUT2D eigenvalue weighted by Crippen LogP contribution is 2.41. The average Bonchev–Trinajstić information content (AvgIpc) is 3.08. The Kier molecular flexibility index (Phi) is 2.91. The van der Waals surface area contributed by atoms with Crippen molar-refractivity contribution in [2.24, 2.45) is 0 Å². The number of halogens is 1. The van der Waals surface area contributed by atoms with Gasteiger partial charge in [0.05, 0.1) is 6.26 Å². The van der Waals surface area contributed by atoms with Gasteiger partial charge in [-0.3, -0.25) is 0 Å². The van der Waals surface area contributed by atoms with E-state index in [9.17, 15) is 0 Å². The van der Waals surface area contributed by atoms with Crippen molar-refractivity contribution in [2.45, 2.75) is 0 Å². The molecule has 0 N–H and O–H groups in total. The molecule has 0 aliphatic heterocycles. The summed E-state index contributed by atoms with van der Waals surface area (Å²) in [6.07, 6.45) is 1.85. The van der Waals surface area contributed by atoms with Crippen LogP contribution in [0, 0.1) is 0 Å². The minimum absolute atomic E-state index is 0.719. The lowest BCUT2D eigenvalue weighted by Crippen LogP contribution is -1.82. The highest BCUT2D eigenvalue weighted by atomic mass is 35.5. The molecule has 0 saturated carbocycles. The van der Waals surface area contributed by atoms with Gasteiger partial charge >= 0.3 is 0 Å². The van der Waals surface area contributed by atoms with Crippen molar-refractivity contribution < 1.29 is 4.42 Å². The summed E-state index contributed by atoms with van der Waals surface area (Å²) in [5, 5.41) is 6.50. The summed E-state index contributed by atoms with van der Waals surface area (Å²) in [4.78, 5) is 0. The Morgan fingerprint density at radius 1 is 0.667 bits per heavy atom. The SMILES string of the molecule is Clc1ccc2c3ccccc3c3c(-c4ccccc4)coc3c2c1. The first-order valence-electron chi connectivity index (χ1n) is 7.89. The van der Waals surface area contributed by atoms with E-state index in [0.717, 1.165) is 37.9 Å². The molecule has 2 heteroatoms. The second-order valence-electron chi connectivity index (χ2n) is 5.96. The van der Waals surface area contributed by atoms with Crippen LogP contribution >= 0.6 is 11.6 Å². The Bertz CT molecular complexity index is 1200. The molecule has 24 heavy (non-hydrogen) atoms. The van der Waals surface area contributed by atoms with E-state index in [1.165, 1.54) is 10.8 Å². The predicted molar refractivity (Wildman–Crippen MR) is 102 cm³/mol. The van der Waals surface area contributed by atoms with Crippen LogP contribution in [-0.4, -0.2) is 0 Å². The van der Waals surface area contributed by atoms with Gasteiger partial charge in [-0.2, -0.15) is 0 Å². The molecule has 0 aliphatic carbocycles. The zero-order valence-electron chi connectivity index (χ0n) is 12.8. The molecule has 0 atom stereocenters. The van der Waals surface area contributed by atoms with E-state index in [4.69, 9.17) is 16.0 Å². The van der Waals surface area contributed by atoms with Gasteiger partial charge in [0.1, 0.15) is 5.58 Å². The van der Waals surface area contributed by atoms with Gasteiger partial charge in [0.25, 0.3) is 0 Å². The van der Waals surface area contributed by atoms with Crippen molar-refractivity contribution in [2.75, 3.05) is 0 Å². The van der Waals surface area contributed by atoms with Crippen LogP contribution in [0.2, 0.25) is 5.02 Å². The van der Waals surface area contributed by atoms with Gasteiger partial charge in [-0.1, -0.05) is 72.3 Å². The topological polar surface area (TPSA) is 13.1 Å². The van der Waals surface area contributed by atoms with Gasteiger partial charge in [0.2, 0.25) is 0 Å². The molecule has 1 nitrogen and oxygen atoms in total. The van der Waals surface area contributed by atoms with Gasteiger partial charge in [-0.05, 0) is 33.9 Å². The normalized spacial score (nSPS) is 11.5. The zero-order chi connectivity index (χ0) is 16.1. The summed E-state index contributed by atoms with van der Waals surface area (Å²) in [7, 11) is 0. The Morgan fingerprint density at radius 2 is 1.38 bits per heavy atom. The van der Waals surface area contributed by atoms with E-state index in [-0.39, 0.29) is 0 Å². The molecule has 0 saturated heterocycles. The van der Waals surface area contributed by atoms with Crippen LogP contribution in [0.3, 0.4) is 0 Å². The summed E-state index contributed by atoms with van der Waals surface area (Å²) < 4.78 is 6.02. The van der Waals surface area contributed by atoms with E-state index >= 15 is 0 Å². The summed E-state index contributed by atoms with van der Waals surface area (Å²) in [5.41, 5.74) is 3.16. The molecule has 0 unspecified atom stereocenters. The van der Waals surface area contributed by atoms with E-state index in [2.05, 4.69) is 42.5 Å². The van der Waals surface area contributed by atoms with E-state index in [1.807, 2.05) is 36.6 Å².